The number of carbonyl (C=O) groups is 2. The molecule has 2 amide bonds. The SMILES string of the molecule is CC(C)CC(N)C(=O)Nc1cc2c(cc1F)CCC(=O)N2. The lowest BCUT2D eigenvalue weighted by atomic mass is 10.0. The van der Waals surface area contributed by atoms with Crippen molar-refractivity contribution < 1.29 is 14.0 Å². The highest BCUT2D eigenvalue weighted by Gasteiger charge is 2.20. The van der Waals surface area contributed by atoms with Crippen molar-refractivity contribution in [2.75, 3.05) is 10.6 Å². The number of nitrogens with one attached hydrogen (secondary N) is 2. The Hall–Kier alpha value is -1.95. The van der Waals surface area contributed by atoms with Crippen LogP contribution in [0.2, 0.25) is 0 Å². The quantitative estimate of drug-likeness (QED) is 0.794. The second kappa shape index (κ2) is 6.22. The average Bonchev–Trinajstić information content (AvgIpc) is 2.39. The minimum atomic E-state index is -0.685. The van der Waals surface area contributed by atoms with Gasteiger partial charge in [-0.25, -0.2) is 4.39 Å². The predicted octanol–water partition coefficient (Wildman–Crippen LogP) is 2.02. The summed E-state index contributed by atoms with van der Waals surface area (Å²) in [4.78, 5) is 23.3. The zero-order chi connectivity index (χ0) is 15.6. The number of halogens is 1. The molecule has 1 atom stereocenters. The molecule has 0 aliphatic carbocycles. The number of hydrogen-bond donors (Lipinski definition) is 3. The van der Waals surface area contributed by atoms with E-state index in [1.54, 1.807) is 0 Å². The summed E-state index contributed by atoms with van der Waals surface area (Å²) in [7, 11) is 0. The Morgan fingerprint density at radius 3 is 2.81 bits per heavy atom. The van der Waals surface area contributed by atoms with E-state index in [4.69, 9.17) is 5.73 Å². The molecule has 4 N–H and O–H groups in total. The van der Waals surface area contributed by atoms with Gasteiger partial charge in [0, 0.05) is 12.1 Å². The minimum absolute atomic E-state index is 0.0418. The van der Waals surface area contributed by atoms with Crippen LogP contribution in [0, 0.1) is 11.7 Å². The van der Waals surface area contributed by atoms with Crippen LogP contribution in [0.1, 0.15) is 32.3 Å². The zero-order valence-electron chi connectivity index (χ0n) is 12.2. The van der Waals surface area contributed by atoms with Crippen LogP contribution in [-0.4, -0.2) is 17.9 Å². The fourth-order valence-electron chi connectivity index (χ4n) is 2.33. The Balaban J connectivity index is 2.15. The molecule has 5 nitrogen and oxygen atoms in total. The first kappa shape index (κ1) is 15.4. The summed E-state index contributed by atoms with van der Waals surface area (Å²) in [6.07, 6.45) is 1.37. The highest BCUT2D eigenvalue weighted by Crippen LogP contribution is 2.28. The highest BCUT2D eigenvalue weighted by molar-refractivity contribution is 5.98. The molecule has 114 valence electrons. The summed E-state index contributed by atoms with van der Waals surface area (Å²) < 4.78 is 14.0. The maximum Gasteiger partial charge on any atom is 0.241 e. The van der Waals surface area contributed by atoms with Gasteiger partial charge in [0.25, 0.3) is 0 Å². The van der Waals surface area contributed by atoms with Crippen molar-refractivity contribution in [3.63, 3.8) is 0 Å². The van der Waals surface area contributed by atoms with Gasteiger partial charge < -0.3 is 16.4 Å². The molecule has 1 aromatic carbocycles. The largest absolute Gasteiger partial charge is 0.326 e. The van der Waals surface area contributed by atoms with Crippen molar-refractivity contribution >= 4 is 23.2 Å². The molecule has 1 heterocycles. The lowest BCUT2D eigenvalue weighted by Gasteiger charge is -2.19. The van der Waals surface area contributed by atoms with Crippen LogP contribution in [0.3, 0.4) is 0 Å². The third-order valence-electron chi connectivity index (χ3n) is 3.41. The molecule has 1 aromatic rings. The number of carbonyl (C=O) groups excluding carboxylic acids is 2. The number of benzene rings is 1. The topological polar surface area (TPSA) is 84.2 Å². The van der Waals surface area contributed by atoms with Gasteiger partial charge in [-0.3, -0.25) is 9.59 Å². The van der Waals surface area contributed by atoms with Crippen LogP contribution < -0.4 is 16.4 Å². The van der Waals surface area contributed by atoms with E-state index in [1.807, 2.05) is 13.8 Å². The number of anilines is 2. The molecule has 1 aliphatic rings. The maximum absolute atomic E-state index is 14.0. The Kier molecular flexibility index (Phi) is 4.57. The first-order valence-electron chi connectivity index (χ1n) is 7.05. The Morgan fingerprint density at radius 1 is 1.43 bits per heavy atom. The zero-order valence-corrected chi connectivity index (χ0v) is 12.2. The average molecular weight is 293 g/mol. The Morgan fingerprint density at radius 2 is 2.14 bits per heavy atom. The third-order valence-corrected chi connectivity index (χ3v) is 3.41. The van der Waals surface area contributed by atoms with E-state index in [2.05, 4.69) is 10.6 Å². The van der Waals surface area contributed by atoms with E-state index in [9.17, 15) is 14.0 Å². The molecule has 0 aromatic heterocycles. The van der Waals surface area contributed by atoms with Crippen LogP contribution >= 0.6 is 0 Å². The van der Waals surface area contributed by atoms with Crippen LogP contribution in [-0.2, 0) is 16.0 Å². The number of rotatable bonds is 4. The van der Waals surface area contributed by atoms with Gasteiger partial charge in [-0.15, -0.1) is 0 Å². The fraction of sp³-hybridized carbons (Fsp3) is 0.467. The summed E-state index contributed by atoms with van der Waals surface area (Å²) >= 11 is 0. The van der Waals surface area contributed by atoms with E-state index in [-0.39, 0.29) is 17.5 Å². The fourth-order valence-corrected chi connectivity index (χ4v) is 2.33. The summed E-state index contributed by atoms with van der Waals surface area (Å²) in [6.45, 7) is 3.92. The van der Waals surface area contributed by atoms with Gasteiger partial charge in [-0.1, -0.05) is 13.8 Å². The van der Waals surface area contributed by atoms with Gasteiger partial charge in [0.1, 0.15) is 5.82 Å². The summed E-state index contributed by atoms with van der Waals surface area (Å²) in [5.41, 5.74) is 7.09. The molecular formula is C15H20FN3O2. The van der Waals surface area contributed by atoms with E-state index in [0.717, 1.165) is 5.56 Å². The molecule has 0 bridgehead atoms. The number of fused-ring (bicyclic) bond motifs is 1. The van der Waals surface area contributed by atoms with Crippen molar-refractivity contribution in [3.05, 3.63) is 23.5 Å². The van der Waals surface area contributed by atoms with Gasteiger partial charge in [0.2, 0.25) is 11.8 Å². The van der Waals surface area contributed by atoms with Gasteiger partial charge in [0.05, 0.1) is 11.7 Å². The van der Waals surface area contributed by atoms with Crippen LogP contribution in [0.25, 0.3) is 0 Å². The lowest BCUT2D eigenvalue weighted by molar-refractivity contribution is -0.118. The minimum Gasteiger partial charge on any atom is -0.326 e. The molecule has 1 unspecified atom stereocenters. The number of aryl methyl sites for hydroxylation is 1. The van der Waals surface area contributed by atoms with Crippen molar-refractivity contribution in [2.24, 2.45) is 11.7 Å². The summed E-state index contributed by atoms with van der Waals surface area (Å²) in [5.74, 6) is -0.777. The number of amides is 2. The van der Waals surface area contributed by atoms with Crippen molar-refractivity contribution in [2.45, 2.75) is 39.2 Å². The molecular weight excluding hydrogens is 273 g/mol. The van der Waals surface area contributed by atoms with E-state index >= 15 is 0 Å². The molecule has 0 radical (unpaired) electrons. The van der Waals surface area contributed by atoms with Crippen molar-refractivity contribution in [3.8, 4) is 0 Å². The Bertz CT molecular complexity index is 572. The van der Waals surface area contributed by atoms with E-state index in [1.165, 1.54) is 12.1 Å². The molecule has 21 heavy (non-hydrogen) atoms. The van der Waals surface area contributed by atoms with E-state index in [0.29, 0.717) is 24.9 Å². The Labute approximate surface area is 123 Å². The molecule has 0 fully saturated rings. The standard InChI is InChI=1S/C15H20FN3O2/c1-8(2)5-11(17)15(21)19-13-7-12-9(6-10(13)16)3-4-14(20)18-12/h6-8,11H,3-5,17H2,1-2H3,(H,18,20)(H,19,21). The lowest BCUT2D eigenvalue weighted by Crippen LogP contribution is -2.37. The van der Waals surface area contributed by atoms with Gasteiger partial charge in [-0.05, 0) is 36.5 Å². The first-order valence-corrected chi connectivity index (χ1v) is 7.05. The second-order valence-electron chi connectivity index (χ2n) is 5.76. The molecule has 2 rings (SSSR count). The normalized spacial score (nSPS) is 15.4. The van der Waals surface area contributed by atoms with Crippen molar-refractivity contribution in [1.29, 1.82) is 0 Å². The van der Waals surface area contributed by atoms with Gasteiger partial charge >= 0.3 is 0 Å². The van der Waals surface area contributed by atoms with Gasteiger partial charge in [-0.2, -0.15) is 0 Å². The third kappa shape index (κ3) is 3.78. The van der Waals surface area contributed by atoms with Crippen LogP contribution in [0.4, 0.5) is 15.8 Å². The number of nitrogens with two attached hydrogens (primary N) is 1. The molecule has 0 saturated heterocycles. The number of hydrogen-bond acceptors (Lipinski definition) is 3. The maximum atomic E-state index is 14.0. The van der Waals surface area contributed by atoms with E-state index < -0.39 is 17.8 Å². The summed E-state index contributed by atoms with van der Waals surface area (Å²) in [5, 5.41) is 5.16. The second-order valence-corrected chi connectivity index (χ2v) is 5.76. The predicted molar refractivity (Wildman–Crippen MR) is 79.4 cm³/mol. The van der Waals surface area contributed by atoms with Gasteiger partial charge in [0.15, 0.2) is 0 Å². The monoisotopic (exact) mass is 293 g/mol. The molecule has 0 spiro atoms. The summed E-state index contributed by atoms with van der Waals surface area (Å²) in [6, 6.07) is 2.11. The molecule has 0 saturated carbocycles. The first-order chi connectivity index (χ1) is 9.86. The molecule has 1 aliphatic heterocycles. The van der Waals surface area contributed by atoms with Crippen molar-refractivity contribution in [1.82, 2.24) is 0 Å². The molecule has 6 heteroatoms. The smallest absolute Gasteiger partial charge is 0.241 e. The highest BCUT2D eigenvalue weighted by atomic mass is 19.1. The van der Waals surface area contributed by atoms with Crippen LogP contribution in [0.5, 0.6) is 0 Å². The van der Waals surface area contributed by atoms with Crippen LogP contribution in [0.15, 0.2) is 12.1 Å².